The molecule has 0 aliphatic rings. The lowest BCUT2D eigenvalue weighted by atomic mass is 10.0. The SMILES string of the molecule is COc1cc([N+](=O)[O-])ccc1N/C=C(/C#N)C(=O)Nc1c(C)cc(C)cc1C. The number of rotatable bonds is 6. The maximum atomic E-state index is 12.5. The molecule has 8 nitrogen and oxygen atoms in total. The Labute approximate surface area is 162 Å². The standard InChI is InChI=1S/C20H20N4O4/c1-12-7-13(2)19(14(3)8-12)23-20(25)15(10-21)11-22-17-6-5-16(24(26)27)9-18(17)28-4/h5-9,11,22H,1-4H3,(H,23,25)/b15-11-. The first kappa shape index (κ1) is 20.5. The molecule has 28 heavy (non-hydrogen) atoms. The number of aryl methyl sites for hydroxylation is 3. The van der Waals surface area contributed by atoms with Crippen LogP contribution in [0.3, 0.4) is 0 Å². The van der Waals surface area contributed by atoms with Crippen molar-refractivity contribution in [1.82, 2.24) is 0 Å². The minimum Gasteiger partial charge on any atom is -0.494 e. The third kappa shape index (κ3) is 4.65. The minimum atomic E-state index is -0.564. The van der Waals surface area contributed by atoms with Gasteiger partial charge in [0.2, 0.25) is 0 Å². The molecule has 8 heteroatoms. The van der Waals surface area contributed by atoms with E-state index < -0.39 is 10.8 Å². The van der Waals surface area contributed by atoms with Crippen molar-refractivity contribution < 1.29 is 14.5 Å². The average Bonchev–Trinajstić information content (AvgIpc) is 2.64. The van der Waals surface area contributed by atoms with Crippen molar-refractivity contribution in [3.63, 3.8) is 0 Å². The van der Waals surface area contributed by atoms with Crippen LogP contribution < -0.4 is 15.4 Å². The second kappa shape index (κ2) is 8.68. The molecule has 2 aromatic carbocycles. The van der Waals surface area contributed by atoms with Gasteiger partial charge in [-0.1, -0.05) is 17.7 Å². The topological polar surface area (TPSA) is 117 Å². The van der Waals surface area contributed by atoms with E-state index in [1.807, 2.05) is 39.0 Å². The number of nitriles is 1. The number of nitro groups is 1. The third-order valence-corrected chi connectivity index (χ3v) is 4.05. The van der Waals surface area contributed by atoms with Gasteiger partial charge in [-0.05, 0) is 38.0 Å². The van der Waals surface area contributed by atoms with Crippen LogP contribution in [-0.4, -0.2) is 17.9 Å². The van der Waals surface area contributed by atoms with E-state index in [-0.39, 0.29) is 17.0 Å². The highest BCUT2D eigenvalue weighted by molar-refractivity contribution is 6.07. The molecule has 0 aromatic heterocycles. The van der Waals surface area contributed by atoms with E-state index in [0.29, 0.717) is 11.4 Å². The number of carbonyl (C=O) groups is 1. The Kier molecular flexibility index (Phi) is 6.34. The Morgan fingerprint density at radius 3 is 2.39 bits per heavy atom. The maximum Gasteiger partial charge on any atom is 0.273 e. The summed E-state index contributed by atoms with van der Waals surface area (Å²) in [7, 11) is 1.37. The van der Waals surface area contributed by atoms with E-state index >= 15 is 0 Å². The van der Waals surface area contributed by atoms with Crippen molar-refractivity contribution in [3.05, 3.63) is 68.9 Å². The van der Waals surface area contributed by atoms with E-state index in [9.17, 15) is 20.2 Å². The second-order valence-electron chi connectivity index (χ2n) is 6.18. The Morgan fingerprint density at radius 1 is 1.21 bits per heavy atom. The highest BCUT2D eigenvalue weighted by Gasteiger charge is 2.14. The van der Waals surface area contributed by atoms with Gasteiger partial charge in [0.05, 0.1) is 23.8 Å². The van der Waals surface area contributed by atoms with Gasteiger partial charge in [-0.3, -0.25) is 14.9 Å². The summed E-state index contributed by atoms with van der Waals surface area (Å²) in [6.07, 6.45) is 1.23. The van der Waals surface area contributed by atoms with E-state index in [4.69, 9.17) is 4.74 Å². The first-order valence-electron chi connectivity index (χ1n) is 8.35. The van der Waals surface area contributed by atoms with Crippen molar-refractivity contribution in [2.24, 2.45) is 0 Å². The number of hydrogen-bond acceptors (Lipinski definition) is 6. The van der Waals surface area contributed by atoms with Gasteiger partial charge in [0.1, 0.15) is 17.4 Å². The van der Waals surface area contributed by atoms with E-state index in [0.717, 1.165) is 16.7 Å². The highest BCUT2D eigenvalue weighted by Crippen LogP contribution is 2.29. The van der Waals surface area contributed by atoms with Crippen LogP contribution in [0.15, 0.2) is 42.1 Å². The predicted molar refractivity (Wildman–Crippen MR) is 106 cm³/mol. The molecule has 0 radical (unpaired) electrons. The van der Waals surface area contributed by atoms with E-state index in [1.54, 1.807) is 0 Å². The quantitative estimate of drug-likeness (QED) is 0.339. The van der Waals surface area contributed by atoms with Crippen molar-refractivity contribution in [3.8, 4) is 11.8 Å². The fourth-order valence-corrected chi connectivity index (χ4v) is 2.77. The van der Waals surface area contributed by atoms with E-state index in [2.05, 4.69) is 10.6 Å². The molecule has 144 valence electrons. The summed E-state index contributed by atoms with van der Waals surface area (Å²) in [5.74, 6) is -0.348. The molecule has 0 bridgehead atoms. The van der Waals surface area contributed by atoms with Crippen LogP contribution in [0, 0.1) is 42.2 Å². The molecule has 2 aromatic rings. The lowest BCUT2D eigenvalue weighted by Gasteiger charge is -2.13. The number of methoxy groups -OCH3 is 1. The van der Waals surface area contributed by atoms with Crippen molar-refractivity contribution in [1.29, 1.82) is 5.26 Å². The van der Waals surface area contributed by atoms with Gasteiger partial charge in [0, 0.05) is 18.0 Å². The Bertz CT molecular complexity index is 983. The molecule has 0 heterocycles. The van der Waals surface area contributed by atoms with Crippen LogP contribution in [0.2, 0.25) is 0 Å². The van der Waals surface area contributed by atoms with E-state index in [1.165, 1.54) is 31.5 Å². The molecule has 0 aliphatic heterocycles. The zero-order valence-electron chi connectivity index (χ0n) is 16.0. The highest BCUT2D eigenvalue weighted by atomic mass is 16.6. The summed E-state index contributed by atoms with van der Waals surface area (Å²) in [5.41, 5.74) is 3.63. The molecule has 2 rings (SSSR count). The number of nitrogens with one attached hydrogen (secondary N) is 2. The number of hydrogen-bond donors (Lipinski definition) is 2. The van der Waals surface area contributed by atoms with Crippen LogP contribution >= 0.6 is 0 Å². The van der Waals surface area contributed by atoms with Crippen molar-refractivity contribution in [2.45, 2.75) is 20.8 Å². The van der Waals surface area contributed by atoms with Gasteiger partial charge in [-0.15, -0.1) is 0 Å². The van der Waals surface area contributed by atoms with Crippen LogP contribution in [-0.2, 0) is 4.79 Å². The molecular weight excluding hydrogens is 360 g/mol. The molecule has 0 aliphatic carbocycles. The average molecular weight is 380 g/mol. The van der Waals surface area contributed by atoms with Crippen LogP contribution in [0.5, 0.6) is 5.75 Å². The molecule has 0 unspecified atom stereocenters. The summed E-state index contributed by atoms with van der Waals surface area (Å²) < 4.78 is 5.12. The predicted octanol–water partition coefficient (Wildman–Crippen LogP) is 3.99. The van der Waals surface area contributed by atoms with Crippen molar-refractivity contribution in [2.75, 3.05) is 17.7 Å². The smallest absolute Gasteiger partial charge is 0.273 e. The summed E-state index contributed by atoms with van der Waals surface area (Å²) >= 11 is 0. The molecule has 0 atom stereocenters. The number of benzene rings is 2. The van der Waals surface area contributed by atoms with Crippen LogP contribution in [0.25, 0.3) is 0 Å². The Balaban J connectivity index is 2.24. The zero-order chi connectivity index (χ0) is 20.8. The fourth-order valence-electron chi connectivity index (χ4n) is 2.77. The normalized spacial score (nSPS) is 10.8. The summed E-state index contributed by atoms with van der Waals surface area (Å²) in [5, 5.41) is 25.7. The number of non-ortho nitro benzene ring substituents is 1. The maximum absolute atomic E-state index is 12.5. The first-order chi connectivity index (χ1) is 13.3. The van der Waals surface area contributed by atoms with Crippen molar-refractivity contribution >= 4 is 23.0 Å². The van der Waals surface area contributed by atoms with Gasteiger partial charge in [-0.2, -0.15) is 5.26 Å². The molecule has 1 amide bonds. The van der Waals surface area contributed by atoms with Gasteiger partial charge in [0.25, 0.3) is 11.6 Å². The monoisotopic (exact) mass is 380 g/mol. The minimum absolute atomic E-state index is 0.130. The first-order valence-corrected chi connectivity index (χ1v) is 8.35. The number of amides is 1. The number of nitro benzene ring substituents is 1. The number of ether oxygens (including phenoxy) is 1. The fraction of sp³-hybridized carbons (Fsp3) is 0.200. The van der Waals surface area contributed by atoms with Gasteiger partial charge < -0.3 is 15.4 Å². The Morgan fingerprint density at radius 2 is 1.86 bits per heavy atom. The van der Waals surface area contributed by atoms with Gasteiger partial charge >= 0.3 is 0 Å². The third-order valence-electron chi connectivity index (χ3n) is 4.05. The summed E-state index contributed by atoms with van der Waals surface area (Å²) in [6.45, 7) is 5.73. The number of nitrogens with zero attached hydrogens (tertiary/aromatic N) is 2. The second-order valence-corrected chi connectivity index (χ2v) is 6.18. The molecule has 0 spiro atoms. The molecule has 2 N–H and O–H groups in total. The molecule has 0 saturated carbocycles. The largest absolute Gasteiger partial charge is 0.494 e. The molecule has 0 fully saturated rings. The molecular formula is C20H20N4O4. The van der Waals surface area contributed by atoms with Gasteiger partial charge in [-0.25, -0.2) is 0 Å². The Hall–Kier alpha value is -3.86. The molecule has 0 saturated heterocycles. The number of anilines is 2. The van der Waals surface area contributed by atoms with Gasteiger partial charge in [0.15, 0.2) is 0 Å². The summed E-state index contributed by atoms with van der Waals surface area (Å²) in [6, 6.07) is 9.72. The lowest BCUT2D eigenvalue weighted by molar-refractivity contribution is -0.384. The number of carbonyl (C=O) groups excluding carboxylic acids is 1. The summed E-state index contributed by atoms with van der Waals surface area (Å²) in [4.78, 5) is 22.8. The van der Waals surface area contributed by atoms with Crippen LogP contribution in [0.4, 0.5) is 17.1 Å². The zero-order valence-corrected chi connectivity index (χ0v) is 16.0. The lowest BCUT2D eigenvalue weighted by Crippen LogP contribution is -2.16. The van der Waals surface area contributed by atoms with Crippen LogP contribution in [0.1, 0.15) is 16.7 Å².